The predicted octanol–water partition coefficient (Wildman–Crippen LogP) is 2.06. The average molecular weight is 249 g/mol. The molecule has 1 saturated heterocycles. The molecule has 0 radical (unpaired) electrons. The first-order chi connectivity index (χ1) is 8.86. The minimum absolute atomic E-state index is 0.530. The number of pyridine rings is 1. The summed E-state index contributed by atoms with van der Waals surface area (Å²) >= 11 is 0. The zero-order chi connectivity index (χ0) is 12.8. The van der Waals surface area contributed by atoms with E-state index in [0.717, 1.165) is 37.6 Å². The fraction of sp³-hybridized carbons (Fsp3) is 0.643. The lowest BCUT2D eigenvalue weighted by molar-refractivity contribution is 0.398. The summed E-state index contributed by atoms with van der Waals surface area (Å²) < 4.78 is 5.44. The number of methoxy groups -OCH3 is 1. The lowest BCUT2D eigenvalue weighted by Crippen LogP contribution is -2.47. The van der Waals surface area contributed by atoms with Gasteiger partial charge in [-0.1, -0.05) is 6.92 Å². The first kappa shape index (κ1) is 13.1. The Labute approximate surface area is 109 Å². The van der Waals surface area contributed by atoms with Crippen molar-refractivity contribution in [2.45, 2.75) is 32.2 Å². The Morgan fingerprint density at radius 2 is 2.44 bits per heavy atom. The number of nitrogens with one attached hydrogen (secondary N) is 1. The van der Waals surface area contributed by atoms with E-state index in [4.69, 9.17) is 4.74 Å². The zero-order valence-corrected chi connectivity index (χ0v) is 11.4. The van der Waals surface area contributed by atoms with E-state index in [1.807, 2.05) is 18.3 Å². The molecule has 1 fully saturated rings. The lowest BCUT2D eigenvalue weighted by atomic mass is 10.1. The number of piperidine rings is 1. The van der Waals surface area contributed by atoms with Gasteiger partial charge in [0.25, 0.3) is 0 Å². The van der Waals surface area contributed by atoms with Crippen molar-refractivity contribution < 1.29 is 4.74 Å². The number of aromatic nitrogens is 1. The van der Waals surface area contributed by atoms with Gasteiger partial charge in [-0.15, -0.1) is 0 Å². The highest BCUT2D eigenvalue weighted by Gasteiger charge is 2.23. The summed E-state index contributed by atoms with van der Waals surface area (Å²) in [6.07, 6.45) is 5.43. The minimum atomic E-state index is 0.530. The molecule has 0 saturated carbocycles. The third-order valence-electron chi connectivity index (χ3n) is 3.42. The molecule has 1 aliphatic heterocycles. The molecular weight excluding hydrogens is 226 g/mol. The third kappa shape index (κ3) is 2.93. The van der Waals surface area contributed by atoms with Crippen LogP contribution in [0.25, 0.3) is 0 Å². The van der Waals surface area contributed by atoms with Gasteiger partial charge in [0.05, 0.1) is 7.11 Å². The Hall–Kier alpha value is -1.29. The smallest absolute Gasteiger partial charge is 0.171 e. The van der Waals surface area contributed by atoms with Crippen molar-refractivity contribution in [3.05, 3.63) is 18.3 Å². The Morgan fingerprint density at radius 1 is 1.56 bits per heavy atom. The fourth-order valence-corrected chi connectivity index (χ4v) is 2.56. The van der Waals surface area contributed by atoms with Crippen molar-refractivity contribution >= 4 is 5.82 Å². The van der Waals surface area contributed by atoms with Crippen molar-refractivity contribution in [1.29, 1.82) is 0 Å². The molecule has 1 atom stereocenters. The van der Waals surface area contributed by atoms with Gasteiger partial charge in [-0.3, -0.25) is 0 Å². The van der Waals surface area contributed by atoms with E-state index in [-0.39, 0.29) is 0 Å². The molecule has 0 bridgehead atoms. The van der Waals surface area contributed by atoms with Crippen molar-refractivity contribution in [1.82, 2.24) is 10.3 Å². The van der Waals surface area contributed by atoms with Gasteiger partial charge in [-0.05, 0) is 37.9 Å². The van der Waals surface area contributed by atoms with Gasteiger partial charge >= 0.3 is 0 Å². The van der Waals surface area contributed by atoms with Crippen LogP contribution in [0.2, 0.25) is 0 Å². The second-order valence-corrected chi connectivity index (χ2v) is 4.72. The molecular formula is C14H23N3O. The summed E-state index contributed by atoms with van der Waals surface area (Å²) in [5.74, 6) is 1.85. The van der Waals surface area contributed by atoms with Crippen LogP contribution in [-0.4, -0.2) is 37.8 Å². The van der Waals surface area contributed by atoms with Crippen molar-refractivity contribution in [3.63, 3.8) is 0 Å². The topological polar surface area (TPSA) is 37.4 Å². The first-order valence-electron chi connectivity index (χ1n) is 6.83. The molecule has 1 aromatic heterocycles. The van der Waals surface area contributed by atoms with Crippen LogP contribution in [-0.2, 0) is 0 Å². The molecule has 2 heterocycles. The Morgan fingerprint density at radius 3 is 3.11 bits per heavy atom. The summed E-state index contributed by atoms with van der Waals surface area (Å²) in [5.41, 5.74) is 0. The number of nitrogens with zero attached hydrogens (tertiary/aromatic N) is 2. The van der Waals surface area contributed by atoms with E-state index in [0.29, 0.717) is 6.04 Å². The fourth-order valence-electron chi connectivity index (χ4n) is 2.56. The summed E-state index contributed by atoms with van der Waals surface area (Å²) in [5, 5.41) is 3.47. The minimum Gasteiger partial charge on any atom is -0.493 e. The third-order valence-corrected chi connectivity index (χ3v) is 3.42. The molecule has 0 spiro atoms. The van der Waals surface area contributed by atoms with E-state index in [1.165, 1.54) is 12.8 Å². The van der Waals surface area contributed by atoms with Crippen LogP contribution in [0, 0.1) is 0 Å². The van der Waals surface area contributed by atoms with Crippen LogP contribution in [0.5, 0.6) is 5.75 Å². The maximum atomic E-state index is 5.44. The largest absolute Gasteiger partial charge is 0.493 e. The number of hydrogen-bond donors (Lipinski definition) is 1. The predicted molar refractivity (Wildman–Crippen MR) is 74.3 cm³/mol. The van der Waals surface area contributed by atoms with Gasteiger partial charge in [0.15, 0.2) is 11.6 Å². The van der Waals surface area contributed by atoms with Crippen molar-refractivity contribution in [2.24, 2.45) is 0 Å². The van der Waals surface area contributed by atoms with Gasteiger partial charge in [0.2, 0.25) is 0 Å². The van der Waals surface area contributed by atoms with Gasteiger partial charge in [-0.2, -0.15) is 0 Å². The summed E-state index contributed by atoms with van der Waals surface area (Å²) in [6.45, 7) is 5.41. The number of hydrogen-bond acceptors (Lipinski definition) is 4. The van der Waals surface area contributed by atoms with E-state index in [9.17, 15) is 0 Å². The van der Waals surface area contributed by atoms with Crippen molar-refractivity contribution in [2.75, 3.05) is 31.6 Å². The second-order valence-electron chi connectivity index (χ2n) is 4.72. The molecule has 18 heavy (non-hydrogen) atoms. The van der Waals surface area contributed by atoms with E-state index in [2.05, 4.69) is 22.1 Å². The van der Waals surface area contributed by atoms with E-state index in [1.54, 1.807) is 7.11 Å². The SMILES string of the molecule is CCCN(c1ncccc1OC)C1CCCNC1. The Kier molecular flexibility index (Phi) is 4.81. The Bertz CT molecular complexity index is 364. The van der Waals surface area contributed by atoms with Gasteiger partial charge in [0.1, 0.15) is 0 Å². The zero-order valence-electron chi connectivity index (χ0n) is 11.4. The van der Waals surface area contributed by atoms with Crippen LogP contribution in [0.3, 0.4) is 0 Å². The normalized spacial score (nSPS) is 19.6. The van der Waals surface area contributed by atoms with Crippen LogP contribution in [0.15, 0.2) is 18.3 Å². The summed E-state index contributed by atoms with van der Waals surface area (Å²) in [6, 6.07) is 4.44. The molecule has 1 aliphatic rings. The van der Waals surface area contributed by atoms with Crippen LogP contribution in [0.4, 0.5) is 5.82 Å². The number of ether oxygens (including phenoxy) is 1. The highest BCUT2D eigenvalue weighted by molar-refractivity contribution is 5.53. The van der Waals surface area contributed by atoms with Crippen molar-refractivity contribution in [3.8, 4) is 5.75 Å². The van der Waals surface area contributed by atoms with Gasteiger partial charge in [-0.25, -0.2) is 4.98 Å². The van der Waals surface area contributed by atoms with Crippen LogP contribution >= 0.6 is 0 Å². The molecule has 1 N–H and O–H groups in total. The standard InChI is InChI=1S/C14H23N3O/c1-3-10-17(12-6-4-8-15-11-12)14-13(18-2)7-5-9-16-14/h5,7,9,12,15H,3-4,6,8,10-11H2,1-2H3. The lowest BCUT2D eigenvalue weighted by Gasteiger charge is -2.36. The molecule has 100 valence electrons. The highest BCUT2D eigenvalue weighted by atomic mass is 16.5. The monoisotopic (exact) mass is 249 g/mol. The molecule has 1 unspecified atom stereocenters. The summed E-state index contributed by atoms with van der Waals surface area (Å²) in [4.78, 5) is 6.91. The van der Waals surface area contributed by atoms with Crippen LogP contribution < -0.4 is 15.0 Å². The van der Waals surface area contributed by atoms with E-state index < -0.39 is 0 Å². The average Bonchev–Trinajstić information content (AvgIpc) is 2.46. The highest BCUT2D eigenvalue weighted by Crippen LogP contribution is 2.28. The Balaban J connectivity index is 2.22. The molecule has 4 heteroatoms. The molecule has 1 aromatic rings. The number of rotatable bonds is 5. The summed E-state index contributed by atoms with van der Waals surface area (Å²) in [7, 11) is 1.71. The second kappa shape index (κ2) is 6.59. The quantitative estimate of drug-likeness (QED) is 0.866. The molecule has 0 aliphatic carbocycles. The number of anilines is 1. The maximum absolute atomic E-state index is 5.44. The maximum Gasteiger partial charge on any atom is 0.171 e. The molecule has 0 aromatic carbocycles. The molecule has 0 amide bonds. The van der Waals surface area contributed by atoms with Gasteiger partial charge < -0.3 is 15.0 Å². The molecule has 4 nitrogen and oxygen atoms in total. The first-order valence-corrected chi connectivity index (χ1v) is 6.83. The molecule has 2 rings (SSSR count). The van der Waals surface area contributed by atoms with Gasteiger partial charge in [0, 0.05) is 25.3 Å². The van der Waals surface area contributed by atoms with Crippen LogP contribution in [0.1, 0.15) is 26.2 Å². The van der Waals surface area contributed by atoms with E-state index >= 15 is 0 Å².